The third-order valence-corrected chi connectivity index (χ3v) is 2.98. The molecular formula is C13H18N2O2. The smallest absolute Gasteiger partial charge is 0.146 e. The minimum Gasteiger partial charge on any atom is -0.497 e. The SMILES string of the molecule is CNCc1c(C)[nH]c2c(OC)cc(OC)cc12. The van der Waals surface area contributed by atoms with E-state index in [0.717, 1.165) is 34.6 Å². The summed E-state index contributed by atoms with van der Waals surface area (Å²) in [7, 11) is 5.27. The van der Waals surface area contributed by atoms with Gasteiger partial charge in [-0.3, -0.25) is 0 Å². The van der Waals surface area contributed by atoms with Crippen LogP contribution in [0.5, 0.6) is 11.5 Å². The number of aryl methyl sites for hydroxylation is 1. The Bertz CT molecular complexity index is 532. The molecule has 0 atom stereocenters. The number of fused-ring (bicyclic) bond motifs is 1. The van der Waals surface area contributed by atoms with Crippen LogP contribution in [-0.4, -0.2) is 26.3 Å². The maximum atomic E-state index is 5.38. The van der Waals surface area contributed by atoms with Crippen LogP contribution >= 0.6 is 0 Å². The van der Waals surface area contributed by atoms with Crippen LogP contribution in [0, 0.1) is 6.92 Å². The molecule has 0 amide bonds. The van der Waals surface area contributed by atoms with Crippen molar-refractivity contribution in [3.8, 4) is 11.5 Å². The summed E-state index contributed by atoms with van der Waals surface area (Å²) in [4.78, 5) is 3.36. The summed E-state index contributed by atoms with van der Waals surface area (Å²) in [5.74, 6) is 1.62. The van der Waals surface area contributed by atoms with Crippen LogP contribution in [0.2, 0.25) is 0 Å². The summed E-state index contributed by atoms with van der Waals surface area (Å²) in [6.45, 7) is 2.89. The first-order valence-electron chi connectivity index (χ1n) is 5.59. The lowest BCUT2D eigenvalue weighted by molar-refractivity contribution is 0.397. The Balaban J connectivity index is 2.71. The second-order valence-corrected chi connectivity index (χ2v) is 4.01. The molecule has 4 nitrogen and oxygen atoms in total. The van der Waals surface area contributed by atoms with Gasteiger partial charge < -0.3 is 19.8 Å². The Kier molecular flexibility index (Phi) is 3.24. The molecule has 0 saturated carbocycles. The second kappa shape index (κ2) is 4.67. The largest absolute Gasteiger partial charge is 0.497 e. The van der Waals surface area contributed by atoms with Crippen molar-refractivity contribution < 1.29 is 9.47 Å². The molecule has 2 N–H and O–H groups in total. The lowest BCUT2D eigenvalue weighted by Gasteiger charge is -2.06. The van der Waals surface area contributed by atoms with Crippen molar-refractivity contribution in [2.75, 3.05) is 21.3 Å². The minimum atomic E-state index is 0.810. The Morgan fingerprint density at radius 2 is 2.00 bits per heavy atom. The van der Waals surface area contributed by atoms with Crippen molar-refractivity contribution in [1.82, 2.24) is 10.3 Å². The van der Waals surface area contributed by atoms with Crippen molar-refractivity contribution in [3.63, 3.8) is 0 Å². The van der Waals surface area contributed by atoms with E-state index in [-0.39, 0.29) is 0 Å². The maximum absolute atomic E-state index is 5.38. The van der Waals surface area contributed by atoms with Gasteiger partial charge in [0.1, 0.15) is 11.5 Å². The lowest BCUT2D eigenvalue weighted by atomic mass is 10.1. The van der Waals surface area contributed by atoms with E-state index in [1.807, 2.05) is 19.2 Å². The number of aromatic amines is 1. The third-order valence-electron chi connectivity index (χ3n) is 2.98. The predicted octanol–water partition coefficient (Wildman–Crippen LogP) is 2.21. The fraction of sp³-hybridized carbons (Fsp3) is 0.385. The molecule has 0 fully saturated rings. The fourth-order valence-electron chi connectivity index (χ4n) is 2.11. The summed E-state index contributed by atoms with van der Waals surface area (Å²) in [5.41, 5.74) is 3.43. The van der Waals surface area contributed by atoms with E-state index in [9.17, 15) is 0 Å². The van der Waals surface area contributed by atoms with Crippen LogP contribution in [0.25, 0.3) is 10.9 Å². The molecule has 4 heteroatoms. The zero-order valence-electron chi connectivity index (χ0n) is 10.7. The first kappa shape index (κ1) is 11.8. The van der Waals surface area contributed by atoms with Crippen molar-refractivity contribution in [2.24, 2.45) is 0 Å². The van der Waals surface area contributed by atoms with Crippen LogP contribution in [0.3, 0.4) is 0 Å². The Morgan fingerprint density at radius 1 is 1.24 bits per heavy atom. The number of aromatic nitrogens is 1. The number of ether oxygens (including phenoxy) is 2. The Labute approximate surface area is 101 Å². The Hall–Kier alpha value is -1.68. The van der Waals surface area contributed by atoms with E-state index in [0.29, 0.717) is 0 Å². The van der Waals surface area contributed by atoms with E-state index in [1.165, 1.54) is 5.56 Å². The molecule has 0 aliphatic rings. The highest BCUT2D eigenvalue weighted by molar-refractivity contribution is 5.91. The van der Waals surface area contributed by atoms with Crippen LogP contribution in [-0.2, 0) is 6.54 Å². The van der Waals surface area contributed by atoms with Crippen molar-refractivity contribution in [1.29, 1.82) is 0 Å². The molecule has 2 rings (SSSR count). The molecular weight excluding hydrogens is 216 g/mol. The molecule has 0 aliphatic heterocycles. The van der Waals surface area contributed by atoms with Gasteiger partial charge in [0.15, 0.2) is 0 Å². The fourth-order valence-corrected chi connectivity index (χ4v) is 2.11. The van der Waals surface area contributed by atoms with Gasteiger partial charge in [0.2, 0.25) is 0 Å². The zero-order chi connectivity index (χ0) is 12.4. The number of nitrogens with one attached hydrogen (secondary N) is 2. The highest BCUT2D eigenvalue weighted by atomic mass is 16.5. The molecule has 0 aliphatic carbocycles. The number of methoxy groups -OCH3 is 2. The average molecular weight is 234 g/mol. The van der Waals surface area contributed by atoms with Gasteiger partial charge in [-0.2, -0.15) is 0 Å². The molecule has 0 spiro atoms. The van der Waals surface area contributed by atoms with Gasteiger partial charge in [-0.1, -0.05) is 0 Å². The minimum absolute atomic E-state index is 0.810. The first-order valence-corrected chi connectivity index (χ1v) is 5.59. The van der Waals surface area contributed by atoms with Crippen molar-refractivity contribution >= 4 is 10.9 Å². The molecule has 17 heavy (non-hydrogen) atoms. The molecule has 1 aromatic carbocycles. The summed E-state index contributed by atoms with van der Waals surface area (Å²) in [6.07, 6.45) is 0. The predicted molar refractivity (Wildman–Crippen MR) is 68.9 cm³/mol. The Morgan fingerprint density at radius 3 is 2.59 bits per heavy atom. The first-order chi connectivity index (χ1) is 8.21. The second-order valence-electron chi connectivity index (χ2n) is 4.01. The highest BCUT2D eigenvalue weighted by Crippen LogP contribution is 2.34. The lowest BCUT2D eigenvalue weighted by Crippen LogP contribution is -2.05. The quantitative estimate of drug-likeness (QED) is 0.852. The number of benzene rings is 1. The number of H-pyrrole nitrogens is 1. The van der Waals surface area contributed by atoms with Gasteiger partial charge in [0.25, 0.3) is 0 Å². The maximum Gasteiger partial charge on any atom is 0.146 e. The standard InChI is InChI=1S/C13H18N2O2/c1-8-11(7-14-2)10-5-9(16-3)6-12(17-4)13(10)15-8/h5-6,14-15H,7H2,1-4H3. The van der Waals surface area contributed by atoms with E-state index in [2.05, 4.69) is 17.2 Å². The summed E-state index contributed by atoms with van der Waals surface area (Å²) < 4.78 is 10.7. The van der Waals surface area contributed by atoms with E-state index in [4.69, 9.17) is 9.47 Å². The highest BCUT2D eigenvalue weighted by Gasteiger charge is 2.13. The van der Waals surface area contributed by atoms with Crippen LogP contribution < -0.4 is 14.8 Å². The average Bonchev–Trinajstić information content (AvgIpc) is 2.65. The van der Waals surface area contributed by atoms with Gasteiger partial charge in [-0.05, 0) is 25.6 Å². The van der Waals surface area contributed by atoms with Gasteiger partial charge in [0, 0.05) is 23.7 Å². The van der Waals surface area contributed by atoms with E-state index >= 15 is 0 Å². The molecule has 0 bridgehead atoms. The summed E-state index contributed by atoms with van der Waals surface area (Å²) >= 11 is 0. The van der Waals surface area contributed by atoms with Crippen molar-refractivity contribution in [3.05, 3.63) is 23.4 Å². The van der Waals surface area contributed by atoms with Gasteiger partial charge in [0.05, 0.1) is 19.7 Å². The van der Waals surface area contributed by atoms with Gasteiger partial charge >= 0.3 is 0 Å². The van der Waals surface area contributed by atoms with Crippen molar-refractivity contribution in [2.45, 2.75) is 13.5 Å². The third kappa shape index (κ3) is 1.96. The number of hydrogen-bond donors (Lipinski definition) is 2. The van der Waals surface area contributed by atoms with E-state index < -0.39 is 0 Å². The molecule has 2 aromatic rings. The summed E-state index contributed by atoms with van der Waals surface area (Å²) in [5, 5.41) is 4.32. The van der Waals surface area contributed by atoms with Crippen LogP contribution in [0.15, 0.2) is 12.1 Å². The van der Waals surface area contributed by atoms with E-state index in [1.54, 1.807) is 14.2 Å². The van der Waals surface area contributed by atoms with Gasteiger partial charge in [-0.25, -0.2) is 0 Å². The monoisotopic (exact) mass is 234 g/mol. The van der Waals surface area contributed by atoms with Crippen LogP contribution in [0.4, 0.5) is 0 Å². The summed E-state index contributed by atoms with van der Waals surface area (Å²) in [6, 6.07) is 3.93. The molecule has 0 radical (unpaired) electrons. The number of hydrogen-bond acceptors (Lipinski definition) is 3. The molecule has 1 heterocycles. The van der Waals surface area contributed by atoms with Gasteiger partial charge in [-0.15, -0.1) is 0 Å². The van der Waals surface area contributed by atoms with Crippen LogP contribution in [0.1, 0.15) is 11.3 Å². The molecule has 0 saturated heterocycles. The number of rotatable bonds is 4. The molecule has 0 unspecified atom stereocenters. The normalized spacial score (nSPS) is 10.8. The molecule has 1 aromatic heterocycles. The zero-order valence-corrected chi connectivity index (χ0v) is 10.7. The topological polar surface area (TPSA) is 46.3 Å². The molecule has 92 valence electrons.